The van der Waals surface area contributed by atoms with Crippen molar-refractivity contribution in [3.05, 3.63) is 42.2 Å². The summed E-state index contributed by atoms with van der Waals surface area (Å²) >= 11 is 0. The number of aliphatic hydroxyl groups excluding tert-OH is 1. The maximum absolute atomic E-state index is 14.9. The van der Waals surface area contributed by atoms with E-state index in [1.165, 1.54) is 19.8 Å². The summed E-state index contributed by atoms with van der Waals surface area (Å²) in [6.45, 7) is 0.130. The van der Waals surface area contributed by atoms with Crippen LogP contribution in [-0.4, -0.2) is 67.9 Å². The lowest BCUT2D eigenvalue weighted by atomic mass is 9.84. The number of oxazole rings is 1. The van der Waals surface area contributed by atoms with E-state index in [1.807, 2.05) is 0 Å². The van der Waals surface area contributed by atoms with E-state index in [2.05, 4.69) is 19.9 Å². The summed E-state index contributed by atoms with van der Waals surface area (Å²) in [5, 5.41) is 10.1. The Balaban J connectivity index is 1.59. The fourth-order valence-electron chi connectivity index (χ4n) is 4.61. The van der Waals surface area contributed by atoms with Gasteiger partial charge in [-0.2, -0.15) is 4.98 Å². The first kappa shape index (κ1) is 25.7. The highest BCUT2D eigenvalue weighted by Crippen LogP contribution is 2.36. The number of piperidine rings is 1. The summed E-state index contributed by atoms with van der Waals surface area (Å²) in [6.07, 6.45) is -1.91. The molecule has 1 saturated heterocycles. The van der Waals surface area contributed by atoms with Gasteiger partial charge < -0.3 is 35.2 Å². The highest BCUT2D eigenvalue weighted by Gasteiger charge is 2.44. The van der Waals surface area contributed by atoms with Gasteiger partial charge in [0.2, 0.25) is 5.89 Å². The Morgan fingerprint density at radius 3 is 2.74 bits per heavy atom. The molecule has 0 aliphatic carbocycles. The number of hydrogen-bond acceptors (Lipinski definition) is 10. The number of aliphatic hydroxyl groups is 1. The van der Waals surface area contributed by atoms with Crippen LogP contribution in [0.15, 0.2) is 29.2 Å². The SMILES string of the molecule is COc1cc(F)c(-c2nc(N3CCCC(N)(C(O)C(F)F)C3)c(Cn3cnc4c(N)ncnc43)o2)cc1F. The standard InChI is InChI=1S/C23H24F4N8O3/c1-37-14-6-12(24)11(5-13(14)25)22-33-20(34-4-2-3-23(29,8-34)17(36)18(26)27)15(38-22)7-35-10-32-16-19(28)30-9-31-21(16)35/h5-6,9-10,17-18,36H,2-4,7-8,29H2,1H3,(H2,28,30,31). The van der Waals surface area contributed by atoms with Gasteiger partial charge in [-0.1, -0.05) is 0 Å². The van der Waals surface area contributed by atoms with E-state index in [1.54, 1.807) is 9.47 Å². The maximum Gasteiger partial charge on any atom is 0.265 e. The smallest absolute Gasteiger partial charge is 0.265 e. The summed E-state index contributed by atoms with van der Waals surface area (Å²) in [6, 6.07) is 1.75. The molecule has 2 unspecified atom stereocenters. The lowest BCUT2D eigenvalue weighted by Gasteiger charge is -2.42. The molecule has 4 aromatic rings. The zero-order valence-corrected chi connectivity index (χ0v) is 20.1. The van der Waals surface area contributed by atoms with Crippen LogP contribution in [0, 0.1) is 11.6 Å². The van der Waals surface area contributed by atoms with Gasteiger partial charge in [0.05, 0.1) is 31.1 Å². The number of hydrogen-bond donors (Lipinski definition) is 3. The van der Waals surface area contributed by atoms with E-state index in [0.717, 1.165) is 12.1 Å². The predicted octanol–water partition coefficient (Wildman–Crippen LogP) is 2.32. The Kier molecular flexibility index (Phi) is 6.56. The number of benzene rings is 1. The zero-order valence-electron chi connectivity index (χ0n) is 20.1. The van der Waals surface area contributed by atoms with Crippen molar-refractivity contribution in [1.29, 1.82) is 0 Å². The lowest BCUT2D eigenvalue weighted by Crippen LogP contribution is -2.63. The Bertz CT molecular complexity index is 1480. The molecule has 2 atom stereocenters. The summed E-state index contributed by atoms with van der Waals surface area (Å²) in [7, 11) is 1.20. The molecule has 38 heavy (non-hydrogen) atoms. The number of rotatable bonds is 7. The van der Waals surface area contributed by atoms with Gasteiger partial charge in [-0.25, -0.2) is 32.5 Å². The van der Waals surface area contributed by atoms with Gasteiger partial charge in [-0.05, 0) is 18.9 Å². The fraction of sp³-hybridized carbons (Fsp3) is 0.391. The third-order valence-corrected chi connectivity index (χ3v) is 6.57. The monoisotopic (exact) mass is 536 g/mol. The van der Waals surface area contributed by atoms with Crippen LogP contribution in [0.4, 0.5) is 29.2 Å². The van der Waals surface area contributed by atoms with Crippen LogP contribution in [0.2, 0.25) is 0 Å². The van der Waals surface area contributed by atoms with Gasteiger partial charge >= 0.3 is 0 Å². The van der Waals surface area contributed by atoms with Crippen molar-refractivity contribution < 1.29 is 31.8 Å². The van der Waals surface area contributed by atoms with Gasteiger partial charge in [0.15, 0.2) is 34.6 Å². The molecule has 5 N–H and O–H groups in total. The minimum absolute atomic E-state index is 0.0268. The molecule has 0 amide bonds. The van der Waals surface area contributed by atoms with E-state index in [9.17, 15) is 22.7 Å². The van der Waals surface area contributed by atoms with Crippen molar-refractivity contribution in [3.8, 4) is 17.2 Å². The Morgan fingerprint density at radius 1 is 1.21 bits per heavy atom. The van der Waals surface area contributed by atoms with Crippen molar-refractivity contribution >= 4 is 22.8 Å². The van der Waals surface area contributed by atoms with Gasteiger partial charge in [-0.3, -0.25) is 0 Å². The Morgan fingerprint density at radius 2 is 2.00 bits per heavy atom. The largest absolute Gasteiger partial charge is 0.494 e. The predicted molar refractivity (Wildman–Crippen MR) is 128 cm³/mol. The van der Waals surface area contributed by atoms with Crippen LogP contribution >= 0.6 is 0 Å². The summed E-state index contributed by atoms with van der Waals surface area (Å²) in [4.78, 5) is 18.3. The lowest BCUT2D eigenvalue weighted by molar-refractivity contribution is -0.0529. The third-order valence-electron chi connectivity index (χ3n) is 6.57. The number of nitrogens with two attached hydrogens (primary N) is 2. The van der Waals surface area contributed by atoms with E-state index in [-0.39, 0.29) is 54.1 Å². The first-order valence-electron chi connectivity index (χ1n) is 11.6. The minimum atomic E-state index is -3.05. The highest BCUT2D eigenvalue weighted by molar-refractivity contribution is 5.81. The van der Waals surface area contributed by atoms with Gasteiger partial charge in [0, 0.05) is 19.2 Å². The van der Waals surface area contributed by atoms with Crippen LogP contribution in [0.5, 0.6) is 5.75 Å². The number of nitrogens with zero attached hydrogens (tertiary/aromatic N) is 6. The molecule has 0 bridgehead atoms. The van der Waals surface area contributed by atoms with E-state index < -0.39 is 29.7 Å². The first-order valence-corrected chi connectivity index (χ1v) is 11.6. The number of halogens is 4. The molecule has 202 valence electrons. The summed E-state index contributed by atoms with van der Waals surface area (Å²) < 4.78 is 68.4. The van der Waals surface area contributed by atoms with Crippen molar-refractivity contribution in [3.63, 3.8) is 0 Å². The van der Waals surface area contributed by atoms with E-state index >= 15 is 0 Å². The molecule has 3 aromatic heterocycles. The molecular formula is C23H24F4N8O3. The van der Waals surface area contributed by atoms with Gasteiger partial charge in [-0.15, -0.1) is 0 Å². The number of nitrogen functional groups attached to an aromatic ring is 1. The quantitative estimate of drug-likeness (QED) is 0.300. The molecule has 1 fully saturated rings. The second-order valence-corrected chi connectivity index (χ2v) is 9.07. The molecule has 5 rings (SSSR count). The highest BCUT2D eigenvalue weighted by atomic mass is 19.3. The van der Waals surface area contributed by atoms with Crippen LogP contribution in [0.3, 0.4) is 0 Å². The Hall–Kier alpha value is -3.98. The number of fused-ring (bicyclic) bond motifs is 1. The van der Waals surface area contributed by atoms with Crippen molar-refractivity contribution in [2.75, 3.05) is 30.8 Å². The number of imidazole rings is 1. The zero-order chi connectivity index (χ0) is 27.2. The van der Waals surface area contributed by atoms with Crippen LogP contribution in [0.1, 0.15) is 18.6 Å². The molecular weight excluding hydrogens is 512 g/mol. The van der Waals surface area contributed by atoms with Crippen molar-refractivity contribution in [1.82, 2.24) is 24.5 Å². The maximum atomic E-state index is 14.9. The minimum Gasteiger partial charge on any atom is -0.494 e. The molecule has 15 heteroatoms. The van der Waals surface area contributed by atoms with Crippen molar-refractivity contribution in [2.24, 2.45) is 5.73 Å². The summed E-state index contributed by atoms with van der Waals surface area (Å²) in [5.41, 5.74) is 10.9. The molecule has 1 aliphatic rings. The molecule has 1 aromatic carbocycles. The van der Waals surface area contributed by atoms with Crippen molar-refractivity contribution in [2.45, 2.75) is 37.5 Å². The fourth-order valence-corrected chi connectivity index (χ4v) is 4.61. The summed E-state index contributed by atoms with van der Waals surface area (Å²) in [5.74, 6) is -1.75. The van der Waals surface area contributed by atoms with Crippen LogP contribution < -0.4 is 21.1 Å². The Labute approximate surface area is 213 Å². The first-order chi connectivity index (χ1) is 18.1. The number of methoxy groups -OCH3 is 1. The molecule has 11 nitrogen and oxygen atoms in total. The number of ether oxygens (including phenoxy) is 1. The number of anilines is 2. The third kappa shape index (κ3) is 4.47. The average molecular weight is 536 g/mol. The number of aromatic nitrogens is 5. The second-order valence-electron chi connectivity index (χ2n) is 9.07. The average Bonchev–Trinajstić information content (AvgIpc) is 3.50. The molecule has 4 heterocycles. The van der Waals surface area contributed by atoms with E-state index in [4.69, 9.17) is 20.6 Å². The van der Waals surface area contributed by atoms with E-state index in [0.29, 0.717) is 24.1 Å². The molecule has 0 spiro atoms. The molecule has 1 aliphatic heterocycles. The second kappa shape index (κ2) is 9.72. The molecule has 0 saturated carbocycles. The van der Waals surface area contributed by atoms with Gasteiger partial charge in [0.25, 0.3) is 6.43 Å². The van der Waals surface area contributed by atoms with Crippen LogP contribution in [-0.2, 0) is 6.54 Å². The van der Waals surface area contributed by atoms with Gasteiger partial charge in [0.1, 0.15) is 23.8 Å². The number of alkyl halides is 2. The molecule has 0 radical (unpaired) electrons. The normalized spacial score (nSPS) is 18.9. The topological polar surface area (TPSA) is 154 Å². The van der Waals surface area contributed by atoms with Crippen LogP contribution in [0.25, 0.3) is 22.6 Å².